The van der Waals surface area contributed by atoms with Crippen molar-refractivity contribution in [2.45, 2.75) is 13.3 Å². The SMILES string of the molecule is Cc1ccc(C=NNC(=O)CCNC(=O)c2ccc(Cl)c(Cl)c2)cc1[N+](=O)[O-]. The van der Waals surface area contributed by atoms with Gasteiger partial charge in [-0.25, -0.2) is 5.43 Å². The first kappa shape index (κ1) is 21.3. The first-order valence-corrected chi connectivity index (χ1v) is 8.83. The molecule has 0 aliphatic rings. The maximum atomic E-state index is 12.0. The van der Waals surface area contributed by atoms with Gasteiger partial charge in [0.25, 0.3) is 11.6 Å². The maximum Gasteiger partial charge on any atom is 0.272 e. The molecule has 10 heteroatoms. The Morgan fingerprint density at radius 1 is 1.18 bits per heavy atom. The number of nitrogens with zero attached hydrogens (tertiary/aromatic N) is 2. The number of hydrogen-bond donors (Lipinski definition) is 2. The molecule has 0 saturated carbocycles. The van der Waals surface area contributed by atoms with Gasteiger partial charge in [0.2, 0.25) is 5.91 Å². The van der Waals surface area contributed by atoms with Crippen LogP contribution in [0.2, 0.25) is 10.0 Å². The quantitative estimate of drug-likeness (QED) is 0.403. The molecule has 2 aromatic rings. The zero-order valence-electron chi connectivity index (χ0n) is 14.7. The Balaban J connectivity index is 1.80. The standard InChI is InChI=1S/C18H16Cl2N4O4/c1-11-2-3-12(8-16(11)24(27)28)10-22-23-17(25)6-7-21-18(26)13-4-5-14(19)15(20)9-13/h2-5,8-10H,6-7H2,1H3,(H,21,26)(H,23,25). The van der Waals surface area contributed by atoms with Gasteiger partial charge in [0, 0.05) is 35.7 Å². The van der Waals surface area contributed by atoms with Crippen molar-refractivity contribution >= 4 is 46.9 Å². The van der Waals surface area contributed by atoms with E-state index < -0.39 is 10.8 Å². The largest absolute Gasteiger partial charge is 0.352 e. The van der Waals surface area contributed by atoms with Gasteiger partial charge in [0.1, 0.15) is 0 Å². The van der Waals surface area contributed by atoms with Crippen LogP contribution in [-0.2, 0) is 4.79 Å². The van der Waals surface area contributed by atoms with E-state index in [1.54, 1.807) is 19.1 Å². The van der Waals surface area contributed by atoms with Crippen molar-refractivity contribution in [3.8, 4) is 0 Å². The number of rotatable bonds is 7. The van der Waals surface area contributed by atoms with Gasteiger partial charge in [-0.1, -0.05) is 35.3 Å². The Labute approximate surface area is 170 Å². The summed E-state index contributed by atoms with van der Waals surface area (Å²) < 4.78 is 0. The van der Waals surface area contributed by atoms with Crippen molar-refractivity contribution in [3.63, 3.8) is 0 Å². The topological polar surface area (TPSA) is 114 Å². The Hall–Kier alpha value is -2.97. The molecule has 8 nitrogen and oxygen atoms in total. The second kappa shape index (κ2) is 9.82. The van der Waals surface area contributed by atoms with Gasteiger partial charge in [-0.3, -0.25) is 19.7 Å². The van der Waals surface area contributed by atoms with E-state index >= 15 is 0 Å². The molecule has 0 aliphatic heterocycles. The van der Waals surface area contributed by atoms with Crippen LogP contribution >= 0.6 is 23.2 Å². The maximum absolute atomic E-state index is 12.0. The third-order valence-corrected chi connectivity index (χ3v) is 4.39. The number of carbonyl (C=O) groups excluding carboxylic acids is 2. The predicted molar refractivity (Wildman–Crippen MR) is 107 cm³/mol. The number of nitro benzene ring substituents is 1. The molecule has 0 aliphatic carbocycles. The number of benzene rings is 2. The molecule has 0 bridgehead atoms. The van der Waals surface area contributed by atoms with Crippen LogP contribution in [0, 0.1) is 17.0 Å². The van der Waals surface area contributed by atoms with Crippen molar-refractivity contribution in [2.75, 3.05) is 6.54 Å². The summed E-state index contributed by atoms with van der Waals surface area (Å²) in [5, 5.41) is 17.9. The van der Waals surface area contributed by atoms with Crippen LogP contribution in [0.1, 0.15) is 27.9 Å². The number of carbonyl (C=O) groups is 2. The van der Waals surface area contributed by atoms with Crippen molar-refractivity contribution in [1.82, 2.24) is 10.7 Å². The second-order valence-corrected chi connectivity index (χ2v) is 6.55. The molecule has 0 atom stereocenters. The van der Waals surface area contributed by atoms with Gasteiger partial charge in [0.05, 0.1) is 21.2 Å². The highest BCUT2D eigenvalue weighted by molar-refractivity contribution is 6.42. The lowest BCUT2D eigenvalue weighted by molar-refractivity contribution is -0.385. The summed E-state index contributed by atoms with van der Waals surface area (Å²) in [6.07, 6.45) is 1.30. The van der Waals surface area contributed by atoms with Crippen LogP contribution in [0.5, 0.6) is 0 Å². The molecule has 0 radical (unpaired) electrons. The fraction of sp³-hybridized carbons (Fsp3) is 0.167. The van der Waals surface area contributed by atoms with Gasteiger partial charge >= 0.3 is 0 Å². The van der Waals surface area contributed by atoms with E-state index in [9.17, 15) is 19.7 Å². The van der Waals surface area contributed by atoms with Crippen molar-refractivity contribution in [1.29, 1.82) is 0 Å². The van der Waals surface area contributed by atoms with E-state index in [1.807, 2.05) is 0 Å². The number of amides is 2. The Morgan fingerprint density at radius 3 is 2.61 bits per heavy atom. The van der Waals surface area contributed by atoms with Gasteiger partial charge in [-0.15, -0.1) is 0 Å². The Kier molecular flexibility index (Phi) is 7.48. The molecule has 0 aromatic heterocycles. The summed E-state index contributed by atoms with van der Waals surface area (Å²) in [5.41, 5.74) is 3.60. The van der Waals surface area contributed by atoms with Crippen molar-refractivity contribution in [2.24, 2.45) is 5.10 Å². The molecule has 2 amide bonds. The molecule has 0 unspecified atom stereocenters. The fourth-order valence-electron chi connectivity index (χ4n) is 2.17. The van der Waals surface area contributed by atoms with Crippen LogP contribution in [-0.4, -0.2) is 29.5 Å². The average Bonchev–Trinajstić information content (AvgIpc) is 2.65. The number of hydrogen-bond acceptors (Lipinski definition) is 5. The van der Waals surface area contributed by atoms with Crippen LogP contribution in [0.15, 0.2) is 41.5 Å². The highest BCUT2D eigenvalue weighted by atomic mass is 35.5. The second-order valence-electron chi connectivity index (χ2n) is 5.73. The molecule has 2 aromatic carbocycles. The molecule has 146 valence electrons. The summed E-state index contributed by atoms with van der Waals surface area (Å²) in [6, 6.07) is 9.08. The fourth-order valence-corrected chi connectivity index (χ4v) is 2.47. The van der Waals surface area contributed by atoms with Gasteiger partial charge in [-0.05, 0) is 25.1 Å². The monoisotopic (exact) mass is 422 g/mol. The van der Waals surface area contributed by atoms with Gasteiger partial charge in [-0.2, -0.15) is 5.10 Å². The molecule has 0 heterocycles. The number of nitrogens with one attached hydrogen (secondary N) is 2. The van der Waals surface area contributed by atoms with Crippen LogP contribution in [0.25, 0.3) is 0 Å². The van der Waals surface area contributed by atoms with Crippen LogP contribution in [0.4, 0.5) is 5.69 Å². The minimum atomic E-state index is -0.484. The lowest BCUT2D eigenvalue weighted by Crippen LogP contribution is -2.29. The Morgan fingerprint density at radius 2 is 1.93 bits per heavy atom. The van der Waals surface area contributed by atoms with E-state index in [0.717, 1.165) is 0 Å². The predicted octanol–water partition coefficient (Wildman–Crippen LogP) is 3.48. The van der Waals surface area contributed by atoms with Crippen molar-refractivity contribution < 1.29 is 14.5 Å². The molecule has 0 fully saturated rings. The molecule has 2 rings (SSSR count). The number of aryl methyl sites for hydroxylation is 1. The first-order chi connectivity index (χ1) is 13.3. The molecule has 0 spiro atoms. The average molecular weight is 423 g/mol. The lowest BCUT2D eigenvalue weighted by Gasteiger charge is -2.05. The summed E-state index contributed by atoms with van der Waals surface area (Å²) in [5.74, 6) is -0.811. The van der Waals surface area contributed by atoms with Gasteiger partial charge < -0.3 is 5.32 Å². The summed E-state index contributed by atoms with van der Waals surface area (Å²) in [7, 11) is 0. The number of halogens is 2. The third-order valence-electron chi connectivity index (χ3n) is 3.65. The highest BCUT2D eigenvalue weighted by Crippen LogP contribution is 2.22. The Bertz CT molecular complexity index is 947. The summed E-state index contributed by atoms with van der Waals surface area (Å²) in [6.45, 7) is 1.73. The molecular formula is C18H16Cl2N4O4. The van der Waals surface area contributed by atoms with Crippen molar-refractivity contribution in [3.05, 3.63) is 73.2 Å². The summed E-state index contributed by atoms with van der Waals surface area (Å²) >= 11 is 11.6. The number of nitro groups is 1. The molecule has 0 saturated heterocycles. The molecular weight excluding hydrogens is 407 g/mol. The highest BCUT2D eigenvalue weighted by Gasteiger charge is 2.10. The van der Waals surface area contributed by atoms with Crippen LogP contribution in [0.3, 0.4) is 0 Å². The van der Waals surface area contributed by atoms with E-state index in [-0.39, 0.29) is 29.6 Å². The lowest BCUT2D eigenvalue weighted by atomic mass is 10.1. The third kappa shape index (κ3) is 6.04. The van der Waals surface area contributed by atoms with Gasteiger partial charge in [0.15, 0.2) is 0 Å². The zero-order chi connectivity index (χ0) is 20.7. The van der Waals surface area contributed by atoms with E-state index in [0.29, 0.717) is 21.7 Å². The molecule has 28 heavy (non-hydrogen) atoms. The smallest absolute Gasteiger partial charge is 0.272 e. The molecule has 2 N–H and O–H groups in total. The minimum Gasteiger partial charge on any atom is -0.352 e. The first-order valence-electron chi connectivity index (χ1n) is 8.08. The number of hydrazone groups is 1. The zero-order valence-corrected chi connectivity index (χ0v) is 16.3. The summed E-state index contributed by atoms with van der Waals surface area (Å²) in [4.78, 5) is 34.2. The van der Waals surface area contributed by atoms with Crippen LogP contribution < -0.4 is 10.7 Å². The van der Waals surface area contributed by atoms with E-state index in [1.165, 1.54) is 30.5 Å². The van der Waals surface area contributed by atoms with E-state index in [4.69, 9.17) is 23.2 Å². The minimum absolute atomic E-state index is 0.00154. The normalized spacial score (nSPS) is 10.7. The van der Waals surface area contributed by atoms with E-state index in [2.05, 4.69) is 15.8 Å².